The highest BCUT2D eigenvalue weighted by Gasteiger charge is 2.52. The van der Waals surface area contributed by atoms with Gasteiger partial charge in [-0.1, -0.05) is 17.3 Å². The van der Waals surface area contributed by atoms with E-state index in [2.05, 4.69) is 14.7 Å². The summed E-state index contributed by atoms with van der Waals surface area (Å²) < 4.78 is 58.6. The Balaban J connectivity index is 1.67. The summed E-state index contributed by atoms with van der Waals surface area (Å²) in [4.78, 5) is 18.0. The molecule has 0 spiro atoms. The van der Waals surface area contributed by atoms with E-state index >= 15 is 0 Å². The molecule has 32 heavy (non-hydrogen) atoms. The molecule has 1 aliphatic carbocycles. The van der Waals surface area contributed by atoms with Crippen LogP contribution in [0.15, 0.2) is 29.1 Å². The van der Waals surface area contributed by atoms with Gasteiger partial charge in [0, 0.05) is 12.1 Å². The third-order valence-corrected chi connectivity index (χ3v) is 6.72. The van der Waals surface area contributed by atoms with Crippen LogP contribution in [0.1, 0.15) is 69.2 Å². The van der Waals surface area contributed by atoms with Crippen LogP contribution in [-0.4, -0.2) is 44.8 Å². The van der Waals surface area contributed by atoms with Gasteiger partial charge in [-0.15, -0.1) is 0 Å². The maximum Gasteiger partial charge on any atom is 0.494 e. The molecule has 172 valence electrons. The van der Waals surface area contributed by atoms with Crippen molar-refractivity contribution in [2.45, 2.75) is 76.9 Å². The van der Waals surface area contributed by atoms with E-state index in [1.807, 2.05) is 34.6 Å². The topological polar surface area (TPSA) is 77.7 Å². The van der Waals surface area contributed by atoms with Crippen molar-refractivity contribution in [3.05, 3.63) is 41.5 Å². The van der Waals surface area contributed by atoms with Gasteiger partial charge in [-0.05, 0) is 64.6 Å². The maximum atomic E-state index is 14.0. The monoisotopic (exact) mass is 451 g/mol. The molecule has 1 aromatic carbocycles. The number of alkyl halides is 3. The van der Waals surface area contributed by atoms with Crippen molar-refractivity contribution in [2.24, 2.45) is 0 Å². The first kappa shape index (κ1) is 22.8. The number of carbonyl (C=O) groups is 1. The van der Waals surface area contributed by atoms with Gasteiger partial charge in [0.2, 0.25) is 6.39 Å². The predicted octanol–water partition coefficient (Wildman–Crippen LogP) is 3.58. The van der Waals surface area contributed by atoms with Gasteiger partial charge in [-0.2, -0.15) is 18.2 Å². The van der Waals surface area contributed by atoms with Crippen LogP contribution in [-0.2, 0) is 22.0 Å². The van der Waals surface area contributed by atoms with E-state index in [0.29, 0.717) is 12.8 Å². The first-order valence-corrected chi connectivity index (χ1v) is 10.4. The molecule has 7 nitrogen and oxygen atoms in total. The molecular weight excluding hydrogens is 426 g/mol. The van der Waals surface area contributed by atoms with Crippen molar-refractivity contribution in [2.75, 3.05) is 0 Å². The van der Waals surface area contributed by atoms with E-state index in [1.165, 1.54) is 11.0 Å². The molecule has 0 radical (unpaired) electrons. The van der Waals surface area contributed by atoms with Gasteiger partial charge in [0.1, 0.15) is 0 Å². The van der Waals surface area contributed by atoms with E-state index < -0.39 is 41.5 Å². The number of hydrogen-bond acceptors (Lipinski definition) is 6. The van der Waals surface area contributed by atoms with Gasteiger partial charge in [0.15, 0.2) is 0 Å². The first-order chi connectivity index (χ1) is 14.7. The third-order valence-electron chi connectivity index (χ3n) is 6.72. The molecule has 2 fully saturated rings. The minimum absolute atomic E-state index is 0.0252. The van der Waals surface area contributed by atoms with Crippen LogP contribution in [0.25, 0.3) is 0 Å². The molecule has 2 heterocycles. The van der Waals surface area contributed by atoms with Gasteiger partial charge in [-0.3, -0.25) is 4.79 Å². The summed E-state index contributed by atoms with van der Waals surface area (Å²) in [6.07, 6.45) is -2.24. The fourth-order valence-corrected chi connectivity index (χ4v) is 3.64. The lowest BCUT2D eigenvalue weighted by molar-refractivity contribution is -0.138. The van der Waals surface area contributed by atoms with Crippen molar-refractivity contribution in [1.29, 1.82) is 0 Å². The van der Waals surface area contributed by atoms with Crippen LogP contribution in [0.5, 0.6) is 0 Å². The fourth-order valence-electron chi connectivity index (χ4n) is 3.64. The number of carbonyl (C=O) groups excluding carboxylic acids is 1. The SMILES string of the molecule is CC1(N(Cc2ccc(B3OC(C)(C)C(C)(C)O3)cc2C(F)(F)F)C(=O)c2ncon2)CC1. The van der Waals surface area contributed by atoms with E-state index in [0.717, 1.165) is 12.5 Å². The van der Waals surface area contributed by atoms with Crippen molar-refractivity contribution in [3.63, 3.8) is 0 Å². The van der Waals surface area contributed by atoms with Crippen molar-refractivity contribution >= 4 is 18.5 Å². The van der Waals surface area contributed by atoms with Crippen LogP contribution in [0, 0.1) is 0 Å². The van der Waals surface area contributed by atoms with Gasteiger partial charge in [0.05, 0.1) is 16.8 Å². The fraction of sp³-hybridized carbons (Fsp3) is 0.571. The molecule has 0 N–H and O–H groups in total. The zero-order valence-corrected chi connectivity index (χ0v) is 18.6. The average molecular weight is 451 g/mol. The lowest BCUT2D eigenvalue weighted by Crippen LogP contribution is -2.41. The molecular formula is C21H25BF3N3O4. The minimum atomic E-state index is -4.62. The Morgan fingerprint density at radius 3 is 2.25 bits per heavy atom. The summed E-state index contributed by atoms with van der Waals surface area (Å²) >= 11 is 0. The summed E-state index contributed by atoms with van der Waals surface area (Å²) in [7, 11) is -0.923. The van der Waals surface area contributed by atoms with Gasteiger partial charge in [0.25, 0.3) is 11.7 Å². The third kappa shape index (κ3) is 4.03. The number of hydrogen-bond donors (Lipinski definition) is 0. The number of rotatable bonds is 5. The molecule has 1 saturated heterocycles. The molecule has 1 saturated carbocycles. The summed E-state index contributed by atoms with van der Waals surface area (Å²) in [5, 5.41) is 3.55. The van der Waals surface area contributed by atoms with Crippen molar-refractivity contribution in [3.8, 4) is 0 Å². The van der Waals surface area contributed by atoms with E-state index in [1.54, 1.807) is 6.07 Å². The van der Waals surface area contributed by atoms with Crippen molar-refractivity contribution in [1.82, 2.24) is 15.0 Å². The Kier molecular flexibility index (Phi) is 5.21. The summed E-state index contributed by atoms with van der Waals surface area (Å²) in [5.74, 6) is -0.748. The quantitative estimate of drug-likeness (QED) is 0.647. The van der Waals surface area contributed by atoms with E-state index in [4.69, 9.17) is 9.31 Å². The molecule has 0 bridgehead atoms. The number of benzene rings is 1. The first-order valence-electron chi connectivity index (χ1n) is 10.4. The van der Waals surface area contributed by atoms with E-state index in [9.17, 15) is 18.0 Å². The molecule has 11 heteroatoms. The zero-order valence-electron chi connectivity index (χ0n) is 18.6. The number of amides is 1. The molecule has 4 rings (SSSR count). The molecule has 1 aromatic heterocycles. The van der Waals surface area contributed by atoms with Gasteiger partial charge < -0.3 is 18.7 Å². The van der Waals surface area contributed by atoms with E-state index in [-0.39, 0.29) is 23.4 Å². The van der Waals surface area contributed by atoms with Crippen LogP contribution in [0.3, 0.4) is 0 Å². The molecule has 1 aliphatic heterocycles. The molecule has 0 atom stereocenters. The largest absolute Gasteiger partial charge is 0.494 e. The number of halogens is 3. The normalized spacial score (nSPS) is 20.9. The zero-order chi connectivity index (χ0) is 23.5. The minimum Gasteiger partial charge on any atom is -0.399 e. The second-order valence-corrected chi connectivity index (χ2v) is 9.65. The lowest BCUT2D eigenvalue weighted by Gasteiger charge is -2.32. The lowest BCUT2D eigenvalue weighted by atomic mass is 9.77. The summed E-state index contributed by atoms with van der Waals surface area (Å²) in [6, 6.07) is 3.98. The Labute approximate surface area is 184 Å². The molecule has 0 unspecified atom stereocenters. The predicted molar refractivity (Wildman–Crippen MR) is 109 cm³/mol. The highest BCUT2D eigenvalue weighted by Crippen LogP contribution is 2.44. The van der Waals surface area contributed by atoms with Crippen LogP contribution in [0.2, 0.25) is 0 Å². The average Bonchev–Trinajstić information content (AvgIpc) is 3.12. The Morgan fingerprint density at radius 2 is 1.75 bits per heavy atom. The number of nitrogens with zero attached hydrogens (tertiary/aromatic N) is 3. The molecule has 1 amide bonds. The molecule has 2 aromatic rings. The standard InChI is InChI=1S/C21H25BF3N3O4/c1-18(2)19(3,4)32-22(31-18)14-7-6-13(15(10-14)21(23,24)25)11-28(20(5)8-9-20)17(29)16-26-12-30-27-16/h6-7,10,12H,8-9,11H2,1-5H3. The van der Waals surface area contributed by atoms with Crippen molar-refractivity contribution < 1.29 is 31.8 Å². The smallest absolute Gasteiger partial charge is 0.399 e. The highest BCUT2D eigenvalue weighted by atomic mass is 19.4. The second-order valence-electron chi connectivity index (χ2n) is 9.65. The van der Waals surface area contributed by atoms with Gasteiger partial charge >= 0.3 is 13.3 Å². The highest BCUT2D eigenvalue weighted by molar-refractivity contribution is 6.62. The maximum absolute atomic E-state index is 14.0. The summed E-state index contributed by atoms with van der Waals surface area (Å²) in [5.41, 5.74) is -2.49. The number of aromatic nitrogens is 2. The Bertz CT molecular complexity index is 1000. The molecule has 2 aliphatic rings. The Hall–Kier alpha value is -2.40. The second kappa shape index (κ2) is 7.31. The van der Waals surface area contributed by atoms with Crippen LogP contribution in [0.4, 0.5) is 13.2 Å². The summed E-state index contributed by atoms with van der Waals surface area (Å²) in [6.45, 7) is 8.94. The van der Waals surface area contributed by atoms with Gasteiger partial charge in [-0.25, -0.2) is 0 Å². The van der Waals surface area contributed by atoms with Crippen LogP contribution >= 0.6 is 0 Å². The van der Waals surface area contributed by atoms with Crippen LogP contribution < -0.4 is 5.46 Å². The Morgan fingerprint density at radius 1 is 1.12 bits per heavy atom.